The number of halogens is 2. The molecule has 3 radical (unpaired) electrons. The van der Waals surface area contributed by atoms with E-state index in [-0.39, 0.29) is 0 Å². The minimum atomic E-state index is -0.826. The van der Waals surface area contributed by atoms with Crippen LogP contribution < -0.4 is 0 Å². The van der Waals surface area contributed by atoms with Crippen molar-refractivity contribution in [3.63, 3.8) is 0 Å². The van der Waals surface area contributed by atoms with Crippen molar-refractivity contribution in [3.05, 3.63) is 180 Å². The van der Waals surface area contributed by atoms with Crippen LogP contribution in [0.2, 0.25) is 6.04 Å². The summed E-state index contributed by atoms with van der Waals surface area (Å²) < 4.78 is 0. The third kappa shape index (κ3) is 9.55. The summed E-state index contributed by atoms with van der Waals surface area (Å²) in [5.41, 5.74) is 13.2. The van der Waals surface area contributed by atoms with Gasteiger partial charge in [0, 0.05) is 10.2 Å². The van der Waals surface area contributed by atoms with E-state index in [1.807, 2.05) is 6.92 Å². The Labute approximate surface area is 355 Å². The van der Waals surface area contributed by atoms with Crippen molar-refractivity contribution in [3.8, 4) is 33.4 Å². The predicted octanol–water partition coefficient (Wildman–Crippen LogP) is 16.4. The van der Waals surface area contributed by atoms with Crippen LogP contribution >= 0.6 is 17.0 Å². The molecule has 0 nitrogen and oxygen atoms in total. The Morgan fingerprint density at radius 1 is 0.518 bits per heavy atom. The van der Waals surface area contributed by atoms with Gasteiger partial charge in [-0.2, -0.15) is 12.1 Å². The first-order chi connectivity index (χ1) is 27.1. The van der Waals surface area contributed by atoms with Crippen LogP contribution in [0.1, 0.15) is 48.9 Å². The van der Waals surface area contributed by atoms with Gasteiger partial charge in [0.25, 0.3) is 0 Å². The molecule has 0 saturated heterocycles. The second-order valence-electron chi connectivity index (χ2n) is 14.7. The minimum absolute atomic E-state index is 0.578. The molecule has 0 heterocycles. The van der Waals surface area contributed by atoms with Crippen molar-refractivity contribution in [2.45, 2.75) is 53.5 Å². The molecule has 9 aromatic carbocycles. The Balaban J connectivity index is 0.000000177. The van der Waals surface area contributed by atoms with Crippen LogP contribution in [0.25, 0.3) is 76.5 Å². The molecule has 4 heteroatoms. The monoisotopic (exact) mass is 859 g/mol. The van der Waals surface area contributed by atoms with E-state index in [1.54, 1.807) is 0 Å². The van der Waals surface area contributed by atoms with Gasteiger partial charge in [0.15, 0.2) is 0 Å². The summed E-state index contributed by atoms with van der Waals surface area (Å²) in [5, 5.41) is 10.5. The van der Waals surface area contributed by atoms with Crippen LogP contribution in [0, 0.1) is 20.8 Å². The van der Waals surface area contributed by atoms with Crippen molar-refractivity contribution >= 4 is 70.4 Å². The molecule has 56 heavy (non-hydrogen) atoms. The van der Waals surface area contributed by atoms with Crippen LogP contribution in [0.5, 0.6) is 0 Å². The van der Waals surface area contributed by atoms with E-state index < -0.39 is 20.8 Å². The molecule has 0 aliphatic carbocycles. The Morgan fingerprint density at radius 2 is 1.00 bits per heavy atom. The fraction of sp³-hybridized carbons (Fsp3) is 0.154. The first-order valence-corrected chi connectivity index (χ1v) is 26.3. The molecule has 0 atom stereocenters. The molecule has 277 valence electrons. The van der Waals surface area contributed by atoms with Gasteiger partial charge >= 0.3 is 37.9 Å². The molecule has 0 saturated carbocycles. The third-order valence-corrected chi connectivity index (χ3v) is 10.1. The van der Waals surface area contributed by atoms with Crippen molar-refractivity contribution in [1.29, 1.82) is 0 Å². The molecular weight excluding hydrogens is 815 g/mol. The number of benzene rings is 7. The predicted molar refractivity (Wildman–Crippen MR) is 247 cm³/mol. The molecular formula is C52H47Cl2SiZr. The first-order valence-electron chi connectivity index (χ1n) is 19.2. The van der Waals surface area contributed by atoms with Crippen LogP contribution in [-0.4, -0.2) is 10.2 Å². The second-order valence-corrected chi connectivity index (χ2v) is 19.1. The zero-order valence-corrected chi connectivity index (χ0v) is 38.0. The molecule has 0 fully saturated rings. The van der Waals surface area contributed by atoms with E-state index in [4.69, 9.17) is 17.0 Å². The van der Waals surface area contributed by atoms with Gasteiger partial charge in [-0.25, -0.2) is 0 Å². The van der Waals surface area contributed by atoms with E-state index in [2.05, 4.69) is 203 Å². The molecule has 9 aromatic rings. The van der Waals surface area contributed by atoms with Crippen molar-refractivity contribution in [2.75, 3.05) is 0 Å². The van der Waals surface area contributed by atoms with E-state index in [0.29, 0.717) is 5.92 Å². The Kier molecular flexibility index (Phi) is 14.4. The van der Waals surface area contributed by atoms with Crippen molar-refractivity contribution < 1.29 is 20.8 Å². The average molecular weight is 862 g/mol. The van der Waals surface area contributed by atoms with Crippen LogP contribution in [0.15, 0.2) is 158 Å². The van der Waals surface area contributed by atoms with Crippen LogP contribution in [-0.2, 0) is 20.8 Å². The standard InChI is InChI=1S/C30H21.C20H21.C2H5Si.2ClH.Zr/c1-20-16-23-18-24(27-14-6-10-21-8-2-4-12-25(21)27)19-30(29(23)17-20)28-15-7-11-22-9-3-5-13-26(22)28;1-13(2)17-11-16-6-5-7-19(20(16)12-17)18-9-14(3)8-15(4)10-18;1-2-3;;;/h2-19H,1H3;5-13H,1-4H3;2H2,1H3;2*1H;/q2*-1;;;;+4/p-2. The summed E-state index contributed by atoms with van der Waals surface area (Å²) in [4.78, 5) is 0. The number of rotatable bonds is 4. The molecule has 0 aromatic heterocycles. The van der Waals surface area contributed by atoms with Gasteiger partial charge in [-0.1, -0.05) is 177 Å². The zero-order valence-electron chi connectivity index (χ0n) is 33.1. The van der Waals surface area contributed by atoms with Gasteiger partial charge < -0.3 is 0 Å². The van der Waals surface area contributed by atoms with E-state index in [1.165, 1.54) is 98.7 Å². The van der Waals surface area contributed by atoms with Gasteiger partial charge in [0.1, 0.15) is 0 Å². The Bertz CT molecular complexity index is 2680. The van der Waals surface area contributed by atoms with Crippen LogP contribution in [0.3, 0.4) is 0 Å². The molecule has 0 aliphatic heterocycles. The molecule has 0 amide bonds. The maximum atomic E-state index is 4.93. The number of aryl methyl sites for hydroxylation is 3. The third-order valence-electron chi connectivity index (χ3n) is 10.1. The average Bonchev–Trinajstić information content (AvgIpc) is 3.81. The van der Waals surface area contributed by atoms with Gasteiger partial charge in [-0.05, 0) is 58.0 Å². The molecule has 0 N–H and O–H groups in total. The van der Waals surface area contributed by atoms with E-state index >= 15 is 0 Å². The quantitative estimate of drug-likeness (QED) is 0.122. The Morgan fingerprint density at radius 3 is 1.61 bits per heavy atom. The molecule has 0 aliphatic rings. The summed E-state index contributed by atoms with van der Waals surface area (Å²) in [5.74, 6) is 0.578. The van der Waals surface area contributed by atoms with Gasteiger partial charge in [0.2, 0.25) is 0 Å². The topological polar surface area (TPSA) is 0 Å². The summed E-state index contributed by atoms with van der Waals surface area (Å²) in [6.07, 6.45) is 0. The summed E-state index contributed by atoms with van der Waals surface area (Å²) >= 11 is -0.826. The molecule has 9 rings (SSSR count). The second kappa shape index (κ2) is 19.4. The van der Waals surface area contributed by atoms with E-state index in [0.717, 1.165) is 6.04 Å². The zero-order chi connectivity index (χ0) is 39.8. The summed E-state index contributed by atoms with van der Waals surface area (Å²) in [7, 11) is 13.1. The first kappa shape index (κ1) is 41.6. The van der Waals surface area contributed by atoms with E-state index in [9.17, 15) is 0 Å². The van der Waals surface area contributed by atoms with Crippen molar-refractivity contribution in [1.82, 2.24) is 0 Å². The Hall–Kier alpha value is -4.04. The van der Waals surface area contributed by atoms with Gasteiger partial charge in [-0.3, -0.25) is 0 Å². The maximum absolute atomic E-state index is 4.93. The summed E-state index contributed by atoms with van der Waals surface area (Å²) in [6, 6.07) is 59.0. The number of hydrogen-bond acceptors (Lipinski definition) is 0. The SMILES string of the molecule is CC[Si].Cc1cc(C)cc(-c2cccc3[cH-]c(C(C)C)cc23)c1.Cc1cc2c(-c3cccc4ccccc34)cc(-c3cccc4ccccc34)cc2[cH-]1.[Cl][Zr+2][Cl]. The molecule has 0 unspecified atom stereocenters. The summed E-state index contributed by atoms with van der Waals surface area (Å²) in [6.45, 7) is 13.1. The van der Waals surface area contributed by atoms with Crippen molar-refractivity contribution in [2.24, 2.45) is 0 Å². The molecule has 0 spiro atoms. The molecule has 0 bridgehead atoms. The number of fused-ring (bicyclic) bond motifs is 4. The fourth-order valence-electron chi connectivity index (χ4n) is 7.76. The normalized spacial score (nSPS) is 10.8. The van der Waals surface area contributed by atoms with Crippen LogP contribution in [0.4, 0.5) is 0 Å². The fourth-order valence-corrected chi connectivity index (χ4v) is 7.76. The number of hydrogen-bond donors (Lipinski definition) is 0. The van der Waals surface area contributed by atoms with Gasteiger partial charge in [-0.15, -0.1) is 63.0 Å². The van der Waals surface area contributed by atoms with Gasteiger partial charge in [0.05, 0.1) is 0 Å².